The molecule has 0 saturated heterocycles. The molecule has 0 bridgehead atoms. The van der Waals surface area contributed by atoms with E-state index in [0.717, 1.165) is 6.54 Å². The zero-order valence-corrected chi connectivity index (χ0v) is 10.6. The summed E-state index contributed by atoms with van der Waals surface area (Å²) in [6.45, 7) is 2.91. The first-order chi connectivity index (χ1) is 7.24. The maximum Gasteiger partial charge on any atom is 0.0481 e. The van der Waals surface area contributed by atoms with Gasteiger partial charge in [0.25, 0.3) is 0 Å². The molecule has 2 unspecified atom stereocenters. The van der Waals surface area contributed by atoms with E-state index < -0.39 is 0 Å². The lowest BCUT2D eigenvalue weighted by atomic mass is 10.2. The van der Waals surface area contributed by atoms with Gasteiger partial charge in [-0.25, -0.2) is 0 Å². The van der Waals surface area contributed by atoms with Crippen molar-refractivity contribution < 1.29 is 0 Å². The fourth-order valence-electron chi connectivity index (χ4n) is 1.70. The highest BCUT2D eigenvalue weighted by atomic mass is 32.2. The van der Waals surface area contributed by atoms with Crippen LogP contribution in [0.2, 0.25) is 0 Å². The summed E-state index contributed by atoms with van der Waals surface area (Å²) in [5.41, 5.74) is 7.00. The zero-order valence-electron chi connectivity index (χ0n) is 8.99. The number of hydrogen-bond donors (Lipinski definition) is 2. The van der Waals surface area contributed by atoms with E-state index in [0.29, 0.717) is 11.3 Å². The van der Waals surface area contributed by atoms with Gasteiger partial charge in [-0.05, 0) is 31.4 Å². The minimum absolute atomic E-state index is 0.452. The SMILES string of the molecule is CSc1ccc2c(c1)SC(CN)C(C)N2. The molecule has 0 spiro atoms. The fourth-order valence-corrected chi connectivity index (χ4v) is 3.36. The van der Waals surface area contributed by atoms with Crippen LogP contribution in [-0.4, -0.2) is 24.1 Å². The van der Waals surface area contributed by atoms with Crippen molar-refractivity contribution in [2.24, 2.45) is 5.73 Å². The van der Waals surface area contributed by atoms with E-state index >= 15 is 0 Å². The summed E-state index contributed by atoms with van der Waals surface area (Å²) in [5.74, 6) is 0. The lowest BCUT2D eigenvalue weighted by Gasteiger charge is -2.31. The molecule has 1 aromatic rings. The third kappa shape index (κ3) is 2.27. The van der Waals surface area contributed by atoms with E-state index in [1.807, 2.05) is 11.8 Å². The minimum atomic E-state index is 0.452. The van der Waals surface area contributed by atoms with E-state index in [2.05, 4.69) is 36.7 Å². The summed E-state index contributed by atoms with van der Waals surface area (Å²) in [7, 11) is 0. The van der Waals surface area contributed by atoms with Gasteiger partial charge in [0.05, 0.1) is 0 Å². The molecule has 1 aromatic carbocycles. The predicted molar refractivity (Wildman–Crippen MR) is 70.0 cm³/mol. The molecule has 82 valence electrons. The van der Waals surface area contributed by atoms with E-state index in [4.69, 9.17) is 5.73 Å². The summed E-state index contributed by atoms with van der Waals surface area (Å²) in [6, 6.07) is 7.02. The van der Waals surface area contributed by atoms with Gasteiger partial charge < -0.3 is 11.1 Å². The highest BCUT2D eigenvalue weighted by Crippen LogP contribution is 2.39. The summed E-state index contributed by atoms with van der Waals surface area (Å²) in [6.07, 6.45) is 2.10. The molecule has 0 aliphatic carbocycles. The molecule has 0 amide bonds. The maximum absolute atomic E-state index is 5.76. The Morgan fingerprint density at radius 3 is 3.00 bits per heavy atom. The fraction of sp³-hybridized carbons (Fsp3) is 0.455. The first kappa shape index (κ1) is 11.2. The van der Waals surface area contributed by atoms with E-state index in [1.54, 1.807) is 11.8 Å². The third-order valence-corrected chi connectivity index (χ3v) is 4.86. The second kappa shape index (κ2) is 4.68. The van der Waals surface area contributed by atoms with E-state index in [1.165, 1.54) is 15.5 Å². The summed E-state index contributed by atoms with van der Waals surface area (Å²) in [5, 5.41) is 3.98. The number of rotatable bonds is 2. The lowest BCUT2D eigenvalue weighted by molar-refractivity contribution is 0.723. The number of anilines is 1. The van der Waals surface area contributed by atoms with Crippen LogP contribution in [0, 0.1) is 0 Å². The van der Waals surface area contributed by atoms with Crippen LogP contribution in [0.3, 0.4) is 0 Å². The van der Waals surface area contributed by atoms with Crippen molar-refractivity contribution in [1.82, 2.24) is 0 Å². The zero-order chi connectivity index (χ0) is 10.8. The third-order valence-electron chi connectivity index (χ3n) is 2.64. The number of benzene rings is 1. The Bertz CT molecular complexity index is 354. The first-order valence-corrected chi connectivity index (χ1v) is 7.16. The van der Waals surface area contributed by atoms with Crippen molar-refractivity contribution in [3.05, 3.63) is 18.2 Å². The average Bonchev–Trinajstić information content (AvgIpc) is 2.27. The van der Waals surface area contributed by atoms with Crippen LogP contribution < -0.4 is 11.1 Å². The monoisotopic (exact) mass is 240 g/mol. The van der Waals surface area contributed by atoms with E-state index in [9.17, 15) is 0 Å². The normalized spacial score (nSPS) is 24.5. The Morgan fingerprint density at radius 1 is 1.53 bits per heavy atom. The van der Waals surface area contributed by atoms with Gasteiger partial charge in [0.1, 0.15) is 0 Å². The average molecular weight is 240 g/mol. The molecule has 2 nitrogen and oxygen atoms in total. The molecule has 1 heterocycles. The smallest absolute Gasteiger partial charge is 0.0481 e. The summed E-state index contributed by atoms with van der Waals surface area (Å²) >= 11 is 3.67. The molecule has 3 N–H and O–H groups in total. The van der Waals surface area contributed by atoms with Crippen LogP contribution in [0.15, 0.2) is 28.0 Å². The molecule has 1 aliphatic rings. The highest BCUT2D eigenvalue weighted by Gasteiger charge is 2.24. The Balaban J connectivity index is 2.29. The van der Waals surface area contributed by atoms with E-state index in [-0.39, 0.29) is 0 Å². The molecule has 0 aromatic heterocycles. The second-order valence-corrected chi connectivity index (χ2v) is 5.85. The highest BCUT2D eigenvalue weighted by molar-refractivity contribution is 8.00. The van der Waals surface area contributed by atoms with Crippen LogP contribution in [-0.2, 0) is 0 Å². The second-order valence-electron chi connectivity index (χ2n) is 3.69. The largest absolute Gasteiger partial charge is 0.381 e. The molecule has 1 aliphatic heterocycles. The van der Waals surface area contributed by atoms with Gasteiger partial charge in [0.15, 0.2) is 0 Å². The van der Waals surface area contributed by atoms with Crippen molar-refractivity contribution in [2.45, 2.75) is 28.0 Å². The molecule has 0 fully saturated rings. The first-order valence-electron chi connectivity index (χ1n) is 5.06. The van der Waals surface area contributed by atoms with Crippen molar-refractivity contribution in [3.8, 4) is 0 Å². The van der Waals surface area contributed by atoms with Crippen molar-refractivity contribution >= 4 is 29.2 Å². The van der Waals surface area contributed by atoms with Crippen LogP contribution >= 0.6 is 23.5 Å². The molecule has 0 saturated carbocycles. The standard InChI is InChI=1S/C11H16N2S2/c1-7-11(6-12)15-10-5-8(14-2)3-4-9(10)13-7/h3-5,7,11,13H,6,12H2,1-2H3. The van der Waals surface area contributed by atoms with Gasteiger partial charge in [0.2, 0.25) is 0 Å². The quantitative estimate of drug-likeness (QED) is 0.779. The molecular weight excluding hydrogens is 224 g/mol. The number of thioether (sulfide) groups is 2. The molecule has 2 atom stereocenters. The van der Waals surface area contributed by atoms with Gasteiger partial charge in [-0.1, -0.05) is 0 Å². The summed E-state index contributed by atoms with van der Waals surface area (Å²) in [4.78, 5) is 2.64. The van der Waals surface area contributed by atoms with Crippen LogP contribution in [0.1, 0.15) is 6.92 Å². The number of nitrogens with one attached hydrogen (secondary N) is 1. The Labute approximate surface area is 99.4 Å². The molecule has 15 heavy (non-hydrogen) atoms. The molecule has 4 heteroatoms. The van der Waals surface area contributed by atoms with Gasteiger partial charge in [-0.3, -0.25) is 0 Å². The van der Waals surface area contributed by atoms with Crippen molar-refractivity contribution in [2.75, 3.05) is 18.1 Å². The molecular formula is C11H16N2S2. The van der Waals surface area contributed by atoms with Gasteiger partial charge >= 0.3 is 0 Å². The predicted octanol–water partition coefficient (Wildman–Crippen LogP) is 2.64. The summed E-state index contributed by atoms with van der Waals surface area (Å²) < 4.78 is 0. The Morgan fingerprint density at radius 2 is 2.33 bits per heavy atom. The van der Waals surface area contributed by atoms with Crippen molar-refractivity contribution in [1.29, 1.82) is 0 Å². The maximum atomic E-state index is 5.76. The number of nitrogens with two attached hydrogens (primary N) is 1. The number of fused-ring (bicyclic) bond motifs is 1. The molecule has 0 radical (unpaired) electrons. The Hall–Kier alpha value is -0.320. The lowest BCUT2D eigenvalue weighted by Crippen LogP contribution is -2.36. The van der Waals surface area contributed by atoms with Crippen molar-refractivity contribution in [3.63, 3.8) is 0 Å². The molecule has 2 rings (SSSR count). The van der Waals surface area contributed by atoms with Crippen LogP contribution in [0.4, 0.5) is 5.69 Å². The van der Waals surface area contributed by atoms with Crippen LogP contribution in [0.5, 0.6) is 0 Å². The topological polar surface area (TPSA) is 38.0 Å². The van der Waals surface area contributed by atoms with Crippen LogP contribution in [0.25, 0.3) is 0 Å². The minimum Gasteiger partial charge on any atom is -0.381 e. The van der Waals surface area contributed by atoms with Gasteiger partial charge in [0, 0.05) is 33.3 Å². The Kier molecular flexibility index (Phi) is 3.49. The number of hydrogen-bond acceptors (Lipinski definition) is 4. The van der Waals surface area contributed by atoms with Gasteiger partial charge in [-0.2, -0.15) is 0 Å². The van der Waals surface area contributed by atoms with Gasteiger partial charge in [-0.15, -0.1) is 23.5 Å².